The lowest BCUT2D eigenvalue weighted by Gasteiger charge is -2.04. The van der Waals surface area contributed by atoms with Crippen LogP contribution in [0.25, 0.3) is 5.52 Å². The van der Waals surface area contributed by atoms with Crippen LogP contribution in [0.3, 0.4) is 0 Å². The minimum atomic E-state index is 0.421. The second-order valence-corrected chi connectivity index (χ2v) is 3.40. The highest BCUT2D eigenvalue weighted by Crippen LogP contribution is 2.10. The summed E-state index contributed by atoms with van der Waals surface area (Å²) in [6, 6.07) is 8.48. The molecule has 3 nitrogen and oxygen atoms in total. The van der Waals surface area contributed by atoms with Crippen LogP contribution in [0.1, 0.15) is 13.8 Å². The van der Waals surface area contributed by atoms with Crippen LogP contribution in [0.15, 0.2) is 30.5 Å². The Morgan fingerprint density at radius 2 is 2.23 bits per heavy atom. The lowest BCUT2D eigenvalue weighted by molar-refractivity contribution is 0.871. The van der Waals surface area contributed by atoms with Crippen molar-refractivity contribution in [3.8, 4) is 0 Å². The highest BCUT2D eigenvalue weighted by atomic mass is 15.3. The summed E-state index contributed by atoms with van der Waals surface area (Å²) in [4.78, 5) is 0. The van der Waals surface area contributed by atoms with Gasteiger partial charge in [0.05, 0.1) is 5.52 Å². The highest BCUT2D eigenvalue weighted by molar-refractivity contribution is 5.55. The second kappa shape index (κ2) is 3.09. The van der Waals surface area contributed by atoms with Crippen molar-refractivity contribution >= 4 is 11.3 Å². The Morgan fingerprint density at radius 3 is 2.92 bits per heavy atom. The molecule has 0 spiro atoms. The number of pyridine rings is 1. The minimum Gasteiger partial charge on any atom is -0.366 e. The Labute approximate surface area is 77.4 Å². The van der Waals surface area contributed by atoms with Crippen LogP contribution in [-0.2, 0) is 0 Å². The molecule has 0 aromatic carbocycles. The zero-order chi connectivity index (χ0) is 9.26. The monoisotopic (exact) mass is 175 g/mol. The van der Waals surface area contributed by atoms with Gasteiger partial charge in [-0.05, 0) is 26.0 Å². The zero-order valence-electron chi connectivity index (χ0n) is 7.86. The molecule has 13 heavy (non-hydrogen) atoms. The van der Waals surface area contributed by atoms with E-state index in [1.54, 1.807) is 0 Å². The molecule has 0 radical (unpaired) electrons. The smallest absolute Gasteiger partial charge is 0.149 e. The van der Waals surface area contributed by atoms with Crippen LogP contribution in [-0.4, -0.2) is 15.7 Å². The largest absolute Gasteiger partial charge is 0.366 e. The van der Waals surface area contributed by atoms with E-state index in [4.69, 9.17) is 0 Å². The molecule has 2 rings (SSSR count). The van der Waals surface area contributed by atoms with Gasteiger partial charge in [-0.1, -0.05) is 6.07 Å². The van der Waals surface area contributed by atoms with Gasteiger partial charge in [-0.25, -0.2) is 4.52 Å². The number of hydrogen-bond acceptors (Lipinski definition) is 2. The molecule has 0 saturated carbocycles. The van der Waals surface area contributed by atoms with Crippen molar-refractivity contribution in [3.05, 3.63) is 30.5 Å². The third-order valence-electron chi connectivity index (χ3n) is 1.81. The zero-order valence-corrected chi connectivity index (χ0v) is 7.86. The topological polar surface area (TPSA) is 29.3 Å². The highest BCUT2D eigenvalue weighted by Gasteiger charge is 2.00. The van der Waals surface area contributed by atoms with E-state index in [-0.39, 0.29) is 0 Å². The van der Waals surface area contributed by atoms with E-state index in [1.807, 2.05) is 35.0 Å². The number of hydrogen-bond donors (Lipinski definition) is 1. The van der Waals surface area contributed by atoms with Gasteiger partial charge in [0, 0.05) is 18.3 Å². The molecule has 2 aromatic heterocycles. The van der Waals surface area contributed by atoms with E-state index in [2.05, 4.69) is 24.3 Å². The van der Waals surface area contributed by atoms with Gasteiger partial charge in [0.2, 0.25) is 0 Å². The first-order valence-corrected chi connectivity index (χ1v) is 4.46. The van der Waals surface area contributed by atoms with Crippen LogP contribution < -0.4 is 5.32 Å². The molecule has 2 heterocycles. The molecule has 0 aliphatic carbocycles. The fourth-order valence-corrected chi connectivity index (χ4v) is 1.30. The first-order valence-electron chi connectivity index (χ1n) is 4.46. The summed E-state index contributed by atoms with van der Waals surface area (Å²) in [5.41, 5.74) is 1.12. The Balaban J connectivity index is 2.38. The van der Waals surface area contributed by atoms with Crippen LogP contribution in [0, 0.1) is 0 Å². The summed E-state index contributed by atoms with van der Waals surface area (Å²) in [5, 5.41) is 7.62. The summed E-state index contributed by atoms with van der Waals surface area (Å²) in [5.74, 6) is 0.932. The third kappa shape index (κ3) is 1.64. The SMILES string of the molecule is CC(C)Nc1cc2ccccn2n1. The molecule has 3 heteroatoms. The maximum Gasteiger partial charge on any atom is 0.149 e. The van der Waals surface area contributed by atoms with Crippen LogP contribution >= 0.6 is 0 Å². The van der Waals surface area contributed by atoms with Crippen molar-refractivity contribution in [1.82, 2.24) is 9.61 Å². The summed E-state index contributed by atoms with van der Waals surface area (Å²) in [7, 11) is 0. The lowest BCUT2D eigenvalue weighted by atomic mass is 10.4. The minimum absolute atomic E-state index is 0.421. The van der Waals surface area contributed by atoms with Crippen molar-refractivity contribution in [2.75, 3.05) is 5.32 Å². The number of nitrogens with zero attached hydrogens (tertiary/aromatic N) is 2. The van der Waals surface area contributed by atoms with Crippen molar-refractivity contribution in [2.24, 2.45) is 0 Å². The van der Waals surface area contributed by atoms with Crippen molar-refractivity contribution < 1.29 is 0 Å². The average Bonchev–Trinajstić information content (AvgIpc) is 2.44. The maximum atomic E-state index is 4.36. The molecule has 0 fully saturated rings. The van der Waals surface area contributed by atoms with Gasteiger partial charge in [0.15, 0.2) is 0 Å². The van der Waals surface area contributed by atoms with E-state index in [0.29, 0.717) is 6.04 Å². The molecule has 2 aromatic rings. The van der Waals surface area contributed by atoms with E-state index < -0.39 is 0 Å². The Kier molecular flexibility index (Phi) is 1.93. The quantitative estimate of drug-likeness (QED) is 0.757. The van der Waals surface area contributed by atoms with Gasteiger partial charge >= 0.3 is 0 Å². The number of anilines is 1. The maximum absolute atomic E-state index is 4.36. The summed E-state index contributed by atoms with van der Waals surface area (Å²) in [6.07, 6.45) is 1.95. The van der Waals surface area contributed by atoms with Gasteiger partial charge in [-0.2, -0.15) is 5.10 Å². The molecular weight excluding hydrogens is 162 g/mol. The van der Waals surface area contributed by atoms with Gasteiger partial charge < -0.3 is 5.32 Å². The van der Waals surface area contributed by atoms with E-state index >= 15 is 0 Å². The van der Waals surface area contributed by atoms with Gasteiger partial charge in [-0.3, -0.25) is 0 Å². The summed E-state index contributed by atoms with van der Waals surface area (Å²) >= 11 is 0. The van der Waals surface area contributed by atoms with E-state index in [9.17, 15) is 0 Å². The average molecular weight is 175 g/mol. The molecule has 1 N–H and O–H groups in total. The fraction of sp³-hybridized carbons (Fsp3) is 0.300. The van der Waals surface area contributed by atoms with Crippen LogP contribution in [0.5, 0.6) is 0 Å². The molecule has 0 saturated heterocycles. The van der Waals surface area contributed by atoms with E-state index in [1.165, 1.54) is 0 Å². The number of fused-ring (bicyclic) bond motifs is 1. The second-order valence-electron chi connectivity index (χ2n) is 3.40. The summed E-state index contributed by atoms with van der Waals surface area (Å²) in [6.45, 7) is 4.20. The Hall–Kier alpha value is -1.51. The predicted molar refractivity (Wildman–Crippen MR) is 54.0 cm³/mol. The number of nitrogens with one attached hydrogen (secondary N) is 1. The molecule has 0 bridgehead atoms. The molecule has 0 aliphatic heterocycles. The van der Waals surface area contributed by atoms with Crippen molar-refractivity contribution in [1.29, 1.82) is 0 Å². The molecule has 0 amide bonds. The first-order chi connectivity index (χ1) is 6.25. The van der Waals surface area contributed by atoms with Gasteiger partial charge in [-0.15, -0.1) is 0 Å². The molecule has 0 aliphatic rings. The lowest BCUT2D eigenvalue weighted by Crippen LogP contribution is -2.09. The molecule has 68 valence electrons. The Bertz CT molecular complexity index is 370. The number of rotatable bonds is 2. The molecule has 0 unspecified atom stereocenters. The predicted octanol–water partition coefficient (Wildman–Crippen LogP) is 2.15. The van der Waals surface area contributed by atoms with Crippen LogP contribution in [0.4, 0.5) is 5.82 Å². The Morgan fingerprint density at radius 1 is 1.38 bits per heavy atom. The fourth-order valence-electron chi connectivity index (χ4n) is 1.30. The molecular formula is C10H13N3. The normalized spacial score (nSPS) is 11.0. The molecule has 0 atom stereocenters. The van der Waals surface area contributed by atoms with Crippen molar-refractivity contribution in [3.63, 3.8) is 0 Å². The standard InChI is InChI=1S/C10H13N3/c1-8(2)11-10-7-9-5-3-4-6-13(9)12-10/h3-8H,1-2H3,(H,11,12). The first kappa shape index (κ1) is 8.10. The van der Waals surface area contributed by atoms with Gasteiger partial charge in [0.25, 0.3) is 0 Å². The summed E-state index contributed by atoms with van der Waals surface area (Å²) < 4.78 is 1.87. The van der Waals surface area contributed by atoms with Crippen molar-refractivity contribution in [2.45, 2.75) is 19.9 Å². The van der Waals surface area contributed by atoms with E-state index in [0.717, 1.165) is 11.3 Å². The number of aromatic nitrogens is 2. The van der Waals surface area contributed by atoms with Gasteiger partial charge in [0.1, 0.15) is 5.82 Å². The third-order valence-corrected chi connectivity index (χ3v) is 1.81. The van der Waals surface area contributed by atoms with Crippen LogP contribution in [0.2, 0.25) is 0 Å².